The van der Waals surface area contributed by atoms with E-state index in [1.54, 1.807) is 0 Å². The first-order chi connectivity index (χ1) is 20.6. The van der Waals surface area contributed by atoms with Gasteiger partial charge in [-0.05, 0) is 36.3 Å². The number of hydrogen-bond donors (Lipinski definition) is 4. The third-order valence-electron chi connectivity index (χ3n) is 8.26. The fraction of sp³-hybridized carbons (Fsp3) is 0.516. The van der Waals surface area contributed by atoms with Gasteiger partial charge < -0.3 is 30.3 Å². The highest BCUT2D eigenvalue weighted by atomic mass is 32.2. The number of ether oxygens (including phenoxy) is 1. The predicted octanol–water partition coefficient (Wildman–Crippen LogP) is 2.91. The average molecular weight is 615 g/mol. The lowest BCUT2D eigenvalue weighted by Gasteiger charge is -2.31. The first-order valence-electron chi connectivity index (χ1n) is 14.9. The summed E-state index contributed by atoms with van der Waals surface area (Å²) in [6.45, 7) is 0.369. The Hall–Kier alpha value is -3.48. The lowest BCUT2D eigenvalue weighted by Crippen LogP contribution is -2.55. The van der Waals surface area contributed by atoms with E-state index in [0.717, 1.165) is 43.2 Å². The third-order valence-corrected chi connectivity index (χ3v) is 9.18. The Morgan fingerprint density at radius 1 is 0.953 bits per heavy atom. The predicted molar refractivity (Wildman–Crippen MR) is 157 cm³/mol. The van der Waals surface area contributed by atoms with Crippen LogP contribution in [0.3, 0.4) is 0 Å². The van der Waals surface area contributed by atoms with Crippen molar-refractivity contribution in [3.05, 3.63) is 71.8 Å². The molecule has 5 atom stereocenters. The van der Waals surface area contributed by atoms with Crippen molar-refractivity contribution in [2.24, 2.45) is 11.8 Å². The summed E-state index contributed by atoms with van der Waals surface area (Å²) in [6.07, 6.45) is 4.11. The van der Waals surface area contributed by atoms with Gasteiger partial charge in [-0.25, -0.2) is 13.2 Å². The summed E-state index contributed by atoms with van der Waals surface area (Å²) in [6, 6.07) is 16.1. The molecule has 1 saturated heterocycles. The Morgan fingerprint density at radius 2 is 1.60 bits per heavy atom. The van der Waals surface area contributed by atoms with Crippen LogP contribution in [0.15, 0.2) is 60.7 Å². The second-order valence-electron chi connectivity index (χ2n) is 11.4. The lowest BCUT2D eigenvalue weighted by molar-refractivity contribution is -0.126. The number of nitrogens with one attached hydrogen (secondary N) is 3. The molecular weight excluding hydrogens is 574 g/mol. The van der Waals surface area contributed by atoms with Gasteiger partial charge in [0.1, 0.15) is 22.3 Å². The fourth-order valence-electron chi connectivity index (χ4n) is 5.92. The van der Waals surface area contributed by atoms with Crippen LogP contribution in [0.2, 0.25) is 0 Å². The highest BCUT2D eigenvalue weighted by molar-refractivity contribution is 7.86. The van der Waals surface area contributed by atoms with Gasteiger partial charge >= 0.3 is 6.09 Å². The van der Waals surface area contributed by atoms with Crippen molar-refractivity contribution in [3.8, 4) is 0 Å². The van der Waals surface area contributed by atoms with Crippen LogP contribution in [-0.2, 0) is 30.9 Å². The van der Waals surface area contributed by atoms with E-state index in [2.05, 4.69) is 16.0 Å². The second kappa shape index (κ2) is 15.3. The Kier molecular flexibility index (Phi) is 11.5. The number of amides is 3. The normalized spacial score (nSPS) is 20.3. The topological polar surface area (TPSA) is 174 Å². The van der Waals surface area contributed by atoms with E-state index in [9.17, 15) is 32.5 Å². The van der Waals surface area contributed by atoms with Crippen molar-refractivity contribution in [1.82, 2.24) is 16.0 Å². The highest BCUT2D eigenvalue weighted by Crippen LogP contribution is 2.28. The average Bonchev–Trinajstić information content (AvgIpc) is 3.40. The van der Waals surface area contributed by atoms with Crippen molar-refractivity contribution in [2.45, 2.75) is 81.4 Å². The first-order valence-corrected chi connectivity index (χ1v) is 16.3. The van der Waals surface area contributed by atoms with E-state index >= 15 is 0 Å². The molecule has 1 heterocycles. The standard InChI is InChI=1S/C31H41N3O8S/c35-28-24(16-17-32-28)20-26(30(37)43(39,40)41)33-29(36)25(18-21-10-4-1-5-11-21)34-31(38)42-27(23-14-8-3-9-15-23)19-22-12-6-2-7-13-22/h2-3,6-9,12-15,21,24-27,30,37H,1,4-5,10-11,16-20H2,(H,32,35)(H,33,36)(H,34,38)(H,39,40,41)/p-1/t24-,25-,26-,27?,30?/m0/s1. The molecular formula is C31H40N3O8S-. The molecule has 1 aliphatic heterocycles. The zero-order valence-corrected chi connectivity index (χ0v) is 24.8. The van der Waals surface area contributed by atoms with Crippen LogP contribution >= 0.6 is 0 Å². The molecule has 2 aromatic carbocycles. The van der Waals surface area contributed by atoms with Crippen LogP contribution < -0.4 is 16.0 Å². The van der Waals surface area contributed by atoms with Gasteiger partial charge in [0.05, 0.1) is 6.04 Å². The van der Waals surface area contributed by atoms with Crippen LogP contribution in [0.1, 0.15) is 68.6 Å². The lowest BCUT2D eigenvalue weighted by atomic mass is 9.84. The van der Waals surface area contributed by atoms with Gasteiger partial charge in [-0.3, -0.25) is 9.59 Å². The summed E-state index contributed by atoms with van der Waals surface area (Å²) in [7, 11) is -5.21. The minimum absolute atomic E-state index is 0.131. The summed E-state index contributed by atoms with van der Waals surface area (Å²) in [4.78, 5) is 39.1. The number of carbonyl (C=O) groups excluding carboxylic acids is 3. The minimum atomic E-state index is -5.21. The molecule has 2 aromatic rings. The number of aliphatic hydroxyl groups excluding tert-OH is 1. The smallest absolute Gasteiger partial charge is 0.408 e. The quantitative estimate of drug-likeness (QED) is 0.249. The van der Waals surface area contributed by atoms with Crippen molar-refractivity contribution in [1.29, 1.82) is 0 Å². The van der Waals surface area contributed by atoms with Gasteiger partial charge in [0.15, 0.2) is 5.44 Å². The molecule has 2 unspecified atom stereocenters. The molecule has 3 amide bonds. The summed E-state index contributed by atoms with van der Waals surface area (Å²) < 4.78 is 41.1. The number of aliphatic hydroxyl groups is 1. The van der Waals surface area contributed by atoms with Crippen LogP contribution in [0, 0.1) is 11.8 Å². The van der Waals surface area contributed by atoms with E-state index in [0.29, 0.717) is 19.4 Å². The Balaban J connectivity index is 1.51. The summed E-state index contributed by atoms with van der Waals surface area (Å²) in [5, 5.41) is 18.1. The summed E-state index contributed by atoms with van der Waals surface area (Å²) in [5.74, 6) is -1.65. The van der Waals surface area contributed by atoms with Crippen molar-refractivity contribution >= 4 is 28.0 Å². The van der Waals surface area contributed by atoms with Crippen molar-refractivity contribution in [3.63, 3.8) is 0 Å². The molecule has 234 valence electrons. The summed E-state index contributed by atoms with van der Waals surface area (Å²) >= 11 is 0. The van der Waals surface area contributed by atoms with Crippen molar-refractivity contribution < 1.29 is 37.2 Å². The molecule has 0 bridgehead atoms. The second-order valence-corrected chi connectivity index (χ2v) is 12.9. The molecule has 4 N–H and O–H groups in total. The molecule has 0 aromatic heterocycles. The molecule has 43 heavy (non-hydrogen) atoms. The fourth-order valence-corrected chi connectivity index (χ4v) is 6.51. The van der Waals surface area contributed by atoms with Gasteiger partial charge in [0, 0.05) is 18.9 Å². The maximum Gasteiger partial charge on any atom is 0.408 e. The number of alkyl carbamates (subject to hydrolysis) is 1. The molecule has 1 saturated carbocycles. The first kappa shape index (κ1) is 32.4. The number of benzene rings is 2. The zero-order chi connectivity index (χ0) is 30.8. The van der Waals surface area contributed by atoms with Crippen LogP contribution in [0.4, 0.5) is 4.79 Å². The van der Waals surface area contributed by atoms with E-state index in [-0.39, 0.29) is 24.7 Å². The van der Waals surface area contributed by atoms with Crippen LogP contribution in [0.5, 0.6) is 0 Å². The molecule has 12 heteroatoms. The third kappa shape index (κ3) is 9.77. The molecule has 4 rings (SSSR count). The molecule has 2 fully saturated rings. The van der Waals surface area contributed by atoms with Gasteiger partial charge in [0.25, 0.3) is 0 Å². The van der Waals surface area contributed by atoms with Gasteiger partial charge in [-0.15, -0.1) is 0 Å². The van der Waals surface area contributed by atoms with E-state index in [1.165, 1.54) is 0 Å². The monoisotopic (exact) mass is 614 g/mol. The number of rotatable bonds is 13. The van der Waals surface area contributed by atoms with Gasteiger partial charge in [-0.1, -0.05) is 92.8 Å². The van der Waals surface area contributed by atoms with Crippen LogP contribution in [0.25, 0.3) is 0 Å². The Labute approximate surface area is 252 Å². The Bertz CT molecular complexity index is 1320. The minimum Gasteiger partial charge on any atom is -0.746 e. The maximum absolute atomic E-state index is 13.6. The molecule has 0 radical (unpaired) electrons. The summed E-state index contributed by atoms with van der Waals surface area (Å²) in [5.41, 5.74) is -0.735. The van der Waals surface area contributed by atoms with E-state index in [4.69, 9.17) is 4.74 Å². The molecule has 11 nitrogen and oxygen atoms in total. The van der Waals surface area contributed by atoms with E-state index < -0.39 is 51.7 Å². The number of carbonyl (C=O) groups is 3. The number of hydrogen-bond acceptors (Lipinski definition) is 8. The van der Waals surface area contributed by atoms with Gasteiger partial charge in [-0.2, -0.15) is 0 Å². The highest BCUT2D eigenvalue weighted by Gasteiger charge is 2.36. The van der Waals surface area contributed by atoms with Gasteiger partial charge in [0.2, 0.25) is 11.8 Å². The Morgan fingerprint density at radius 3 is 2.21 bits per heavy atom. The molecule has 2 aliphatic rings. The molecule has 1 aliphatic carbocycles. The van der Waals surface area contributed by atoms with Crippen molar-refractivity contribution in [2.75, 3.05) is 6.54 Å². The van der Waals surface area contributed by atoms with E-state index in [1.807, 2.05) is 60.7 Å². The maximum atomic E-state index is 13.6. The molecule has 0 spiro atoms. The van der Waals surface area contributed by atoms with Crippen LogP contribution in [-0.4, -0.2) is 60.0 Å². The SMILES string of the molecule is O=C(N[C@@H](CC1CCCCC1)C(=O)N[C@@H](C[C@@H]1CCNC1=O)C(O)S(=O)(=O)[O-])OC(Cc1ccccc1)c1ccccc1. The largest absolute Gasteiger partial charge is 0.746 e. The zero-order valence-electron chi connectivity index (χ0n) is 24.0.